The maximum absolute atomic E-state index is 12.7. The number of aromatic carboxylic acids is 1. The number of sulfonamides is 1. The third-order valence-electron chi connectivity index (χ3n) is 4.44. The van der Waals surface area contributed by atoms with Crippen molar-refractivity contribution in [3.8, 4) is 11.4 Å². The van der Waals surface area contributed by atoms with E-state index in [-0.39, 0.29) is 16.1 Å². The first kappa shape index (κ1) is 18.7. The van der Waals surface area contributed by atoms with E-state index in [1.165, 1.54) is 36.4 Å². The Morgan fingerprint density at radius 1 is 1.03 bits per heavy atom. The van der Waals surface area contributed by atoms with E-state index in [9.17, 15) is 13.2 Å². The van der Waals surface area contributed by atoms with Gasteiger partial charge in [0.2, 0.25) is 0 Å². The molecule has 0 atom stereocenters. The van der Waals surface area contributed by atoms with Gasteiger partial charge in [0.15, 0.2) is 0 Å². The highest BCUT2D eigenvalue weighted by molar-refractivity contribution is 7.92. The minimum atomic E-state index is -3.85. The van der Waals surface area contributed by atoms with Crippen LogP contribution in [0.15, 0.2) is 71.6 Å². The van der Waals surface area contributed by atoms with Crippen LogP contribution < -0.4 is 4.72 Å². The van der Waals surface area contributed by atoms with Crippen molar-refractivity contribution in [3.63, 3.8) is 0 Å². The SMILES string of the molecule is Cc1cccc(-c2nc3ccc(S(=O)(=O)Nc4ccc(C(=O)O)cc4)cc3[nH]2)c1. The topological polar surface area (TPSA) is 112 Å². The fourth-order valence-corrected chi connectivity index (χ4v) is 4.06. The number of nitrogens with one attached hydrogen (secondary N) is 2. The molecule has 8 heteroatoms. The van der Waals surface area contributed by atoms with Crippen molar-refractivity contribution in [2.45, 2.75) is 11.8 Å². The van der Waals surface area contributed by atoms with Crippen molar-refractivity contribution >= 4 is 32.7 Å². The van der Waals surface area contributed by atoms with Gasteiger partial charge in [-0.2, -0.15) is 0 Å². The van der Waals surface area contributed by atoms with Gasteiger partial charge in [-0.1, -0.05) is 23.8 Å². The summed E-state index contributed by atoms with van der Waals surface area (Å²) in [6.07, 6.45) is 0. The van der Waals surface area contributed by atoms with E-state index in [0.29, 0.717) is 16.9 Å². The highest BCUT2D eigenvalue weighted by Crippen LogP contribution is 2.24. The van der Waals surface area contributed by atoms with Gasteiger partial charge in [0.05, 0.1) is 21.5 Å². The molecule has 0 saturated carbocycles. The van der Waals surface area contributed by atoms with Gasteiger partial charge >= 0.3 is 5.97 Å². The minimum absolute atomic E-state index is 0.0757. The number of aromatic amines is 1. The first-order valence-electron chi connectivity index (χ1n) is 8.75. The minimum Gasteiger partial charge on any atom is -0.478 e. The summed E-state index contributed by atoms with van der Waals surface area (Å²) in [5.74, 6) is -0.413. The molecule has 0 saturated heterocycles. The summed E-state index contributed by atoms with van der Waals surface area (Å²) in [7, 11) is -3.85. The number of aryl methyl sites for hydroxylation is 1. The van der Waals surface area contributed by atoms with Gasteiger partial charge in [-0.3, -0.25) is 4.72 Å². The Hall–Kier alpha value is -3.65. The molecule has 0 bridgehead atoms. The lowest BCUT2D eigenvalue weighted by Gasteiger charge is -2.08. The van der Waals surface area contributed by atoms with Crippen molar-refractivity contribution < 1.29 is 18.3 Å². The maximum atomic E-state index is 12.7. The molecule has 0 spiro atoms. The second-order valence-electron chi connectivity index (χ2n) is 6.62. The van der Waals surface area contributed by atoms with Crippen LogP contribution in [0.4, 0.5) is 5.69 Å². The fraction of sp³-hybridized carbons (Fsp3) is 0.0476. The van der Waals surface area contributed by atoms with Crippen molar-refractivity contribution in [2.75, 3.05) is 4.72 Å². The Bertz CT molecular complexity index is 1330. The molecular weight excluding hydrogens is 390 g/mol. The summed E-state index contributed by atoms with van der Waals surface area (Å²) in [5.41, 5.74) is 3.64. The zero-order valence-electron chi connectivity index (χ0n) is 15.4. The monoisotopic (exact) mass is 407 g/mol. The number of hydrogen-bond donors (Lipinski definition) is 3. The number of carboxylic acids is 1. The molecular formula is C21H17N3O4S. The van der Waals surface area contributed by atoms with E-state index in [0.717, 1.165) is 11.1 Å². The third kappa shape index (κ3) is 3.83. The number of anilines is 1. The summed E-state index contributed by atoms with van der Waals surface area (Å²) >= 11 is 0. The smallest absolute Gasteiger partial charge is 0.335 e. The predicted molar refractivity (Wildman–Crippen MR) is 110 cm³/mol. The quantitative estimate of drug-likeness (QED) is 0.462. The van der Waals surface area contributed by atoms with Crippen LogP contribution in [0, 0.1) is 6.92 Å². The molecule has 3 aromatic carbocycles. The molecule has 0 amide bonds. The number of imidazole rings is 1. The molecule has 7 nitrogen and oxygen atoms in total. The van der Waals surface area contributed by atoms with Crippen LogP contribution in [0.1, 0.15) is 15.9 Å². The van der Waals surface area contributed by atoms with Gasteiger partial charge in [-0.05, 0) is 55.5 Å². The van der Waals surface area contributed by atoms with Gasteiger partial charge in [0.25, 0.3) is 10.0 Å². The molecule has 4 aromatic rings. The van der Waals surface area contributed by atoms with Crippen LogP contribution in [0.2, 0.25) is 0 Å². The van der Waals surface area contributed by atoms with E-state index >= 15 is 0 Å². The number of benzene rings is 3. The highest BCUT2D eigenvalue weighted by Gasteiger charge is 2.16. The second-order valence-corrected chi connectivity index (χ2v) is 8.30. The van der Waals surface area contributed by atoms with Crippen LogP contribution in [0.3, 0.4) is 0 Å². The molecule has 0 aliphatic rings. The zero-order valence-corrected chi connectivity index (χ0v) is 16.2. The first-order valence-corrected chi connectivity index (χ1v) is 10.2. The lowest BCUT2D eigenvalue weighted by Crippen LogP contribution is -2.13. The summed E-state index contributed by atoms with van der Waals surface area (Å²) in [5, 5.41) is 8.94. The Kier molecular flexibility index (Phi) is 4.56. The molecule has 146 valence electrons. The number of hydrogen-bond acceptors (Lipinski definition) is 4. The van der Waals surface area contributed by atoms with Crippen LogP contribution in [0.25, 0.3) is 22.4 Å². The molecule has 1 aromatic heterocycles. The molecule has 0 fully saturated rings. The van der Waals surface area contributed by atoms with E-state index in [2.05, 4.69) is 14.7 Å². The molecule has 1 heterocycles. The summed E-state index contributed by atoms with van der Waals surface area (Å²) in [6, 6.07) is 18.0. The molecule has 0 aliphatic heterocycles. The highest BCUT2D eigenvalue weighted by atomic mass is 32.2. The maximum Gasteiger partial charge on any atom is 0.335 e. The van der Waals surface area contributed by atoms with Crippen molar-refractivity contribution in [1.82, 2.24) is 9.97 Å². The summed E-state index contributed by atoms with van der Waals surface area (Å²) in [4.78, 5) is 18.7. The molecule has 4 rings (SSSR count). The number of nitrogens with zero attached hydrogens (tertiary/aromatic N) is 1. The average molecular weight is 407 g/mol. The van der Waals surface area contributed by atoms with Gasteiger partial charge in [0, 0.05) is 11.3 Å². The zero-order chi connectivity index (χ0) is 20.6. The van der Waals surface area contributed by atoms with Crippen LogP contribution in [0.5, 0.6) is 0 Å². The molecule has 3 N–H and O–H groups in total. The van der Waals surface area contributed by atoms with Crippen LogP contribution in [-0.2, 0) is 10.0 Å². The fourth-order valence-electron chi connectivity index (χ4n) is 2.98. The van der Waals surface area contributed by atoms with Gasteiger partial charge in [-0.25, -0.2) is 18.2 Å². The number of aromatic nitrogens is 2. The van der Waals surface area contributed by atoms with E-state index in [1.807, 2.05) is 31.2 Å². The van der Waals surface area contributed by atoms with E-state index in [4.69, 9.17) is 5.11 Å². The number of fused-ring (bicyclic) bond motifs is 1. The lowest BCUT2D eigenvalue weighted by atomic mass is 10.1. The summed E-state index contributed by atoms with van der Waals surface area (Å²) in [6.45, 7) is 1.99. The third-order valence-corrected chi connectivity index (χ3v) is 5.82. The standard InChI is InChI=1S/C21H17N3O4S/c1-13-3-2-4-15(11-13)20-22-18-10-9-17(12-19(18)23-20)29(27,28)24-16-7-5-14(6-8-16)21(25)26/h2-12,24H,1H3,(H,22,23)(H,25,26). The Morgan fingerprint density at radius 2 is 1.79 bits per heavy atom. The number of rotatable bonds is 5. The van der Waals surface area contributed by atoms with E-state index in [1.54, 1.807) is 6.07 Å². The first-order chi connectivity index (χ1) is 13.8. The molecule has 0 radical (unpaired) electrons. The molecule has 0 unspecified atom stereocenters. The molecule has 0 aliphatic carbocycles. The number of carboxylic acid groups (broad SMARTS) is 1. The largest absolute Gasteiger partial charge is 0.478 e. The normalized spacial score (nSPS) is 11.5. The predicted octanol–water partition coefficient (Wildman–Crippen LogP) is 4.04. The van der Waals surface area contributed by atoms with Crippen molar-refractivity contribution in [3.05, 3.63) is 77.9 Å². The lowest BCUT2D eigenvalue weighted by molar-refractivity contribution is 0.0697. The average Bonchev–Trinajstić information content (AvgIpc) is 3.11. The van der Waals surface area contributed by atoms with Crippen molar-refractivity contribution in [1.29, 1.82) is 0 Å². The van der Waals surface area contributed by atoms with Gasteiger partial charge in [-0.15, -0.1) is 0 Å². The van der Waals surface area contributed by atoms with E-state index < -0.39 is 16.0 Å². The van der Waals surface area contributed by atoms with Crippen molar-refractivity contribution in [2.24, 2.45) is 0 Å². The Balaban J connectivity index is 1.65. The van der Waals surface area contributed by atoms with Gasteiger partial charge < -0.3 is 10.1 Å². The summed E-state index contributed by atoms with van der Waals surface area (Å²) < 4.78 is 27.9. The Labute approximate surface area is 167 Å². The number of H-pyrrole nitrogens is 1. The molecule has 29 heavy (non-hydrogen) atoms. The van der Waals surface area contributed by atoms with Crippen LogP contribution in [-0.4, -0.2) is 29.5 Å². The van der Waals surface area contributed by atoms with Gasteiger partial charge in [0.1, 0.15) is 5.82 Å². The number of carbonyl (C=O) groups is 1. The van der Waals surface area contributed by atoms with Crippen LogP contribution >= 0.6 is 0 Å². The second kappa shape index (κ2) is 7.06. The Morgan fingerprint density at radius 3 is 2.48 bits per heavy atom.